The third-order valence-electron chi connectivity index (χ3n) is 3.77. The zero-order chi connectivity index (χ0) is 14.0. The van der Waals surface area contributed by atoms with Crippen molar-refractivity contribution >= 4 is 5.91 Å². The van der Waals surface area contributed by atoms with Crippen LogP contribution in [0.2, 0.25) is 0 Å². The van der Waals surface area contributed by atoms with Crippen molar-refractivity contribution in [2.24, 2.45) is 5.73 Å². The average molecular weight is 257 g/mol. The molecule has 0 bridgehead atoms. The Balaban J connectivity index is 3.86. The third-order valence-corrected chi connectivity index (χ3v) is 3.77. The van der Waals surface area contributed by atoms with Gasteiger partial charge in [-0.15, -0.1) is 0 Å². The number of likely N-dealkylation sites (N-methyl/N-ethyl adjacent to an activating group) is 1. The van der Waals surface area contributed by atoms with E-state index in [1.165, 1.54) is 19.4 Å². The average Bonchev–Trinajstić information content (AvgIpc) is 2.37. The van der Waals surface area contributed by atoms with Crippen LogP contribution < -0.4 is 11.1 Å². The number of hydrogen-bond acceptors (Lipinski definition) is 3. The first kappa shape index (κ1) is 17.4. The van der Waals surface area contributed by atoms with Crippen LogP contribution in [0.25, 0.3) is 0 Å². The Morgan fingerprint density at radius 2 is 1.83 bits per heavy atom. The molecule has 1 atom stereocenters. The summed E-state index contributed by atoms with van der Waals surface area (Å²) in [5.41, 5.74) is 4.85. The van der Waals surface area contributed by atoms with Gasteiger partial charge >= 0.3 is 0 Å². The van der Waals surface area contributed by atoms with Gasteiger partial charge in [-0.2, -0.15) is 0 Å². The van der Waals surface area contributed by atoms with Crippen LogP contribution in [-0.4, -0.2) is 43.0 Å². The maximum atomic E-state index is 11.3. The summed E-state index contributed by atoms with van der Waals surface area (Å²) in [5.74, 6) is -0.261. The first-order valence-corrected chi connectivity index (χ1v) is 7.21. The molecule has 0 aromatic heterocycles. The van der Waals surface area contributed by atoms with Crippen LogP contribution in [0.4, 0.5) is 0 Å². The normalized spacial score (nSPS) is 14.7. The molecule has 0 fully saturated rings. The second-order valence-corrected chi connectivity index (χ2v) is 5.19. The first-order chi connectivity index (χ1) is 8.50. The molecule has 0 heterocycles. The molecule has 1 unspecified atom stereocenters. The molecule has 4 nitrogen and oxygen atoms in total. The molecule has 1 amide bonds. The van der Waals surface area contributed by atoms with Gasteiger partial charge in [0.2, 0.25) is 5.91 Å². The van der Waals surface area contributed by atoms with Crippen molar-refractivity contribution in [3.05, 3.63) is 0 Å². The maximum Gasteiger partial charge on any atom is 0.237 e. The fourth-order valence-electron chi connectivity index (χ4n) is 2.00. The zero-order valence-electron chi connectivity index (χ0n) is 12.6. The van der Waals surface area contributed by atoms with Gasteiger partial charge in [0.15, 0.2) is 0 Å². The Hall–Kier alpha value is -0.610. The van der Waals surface area contributed by atoms with E-state index in [0.717, 1.165) is 32.4 Å². The number of carbonyl (C=O) groups is 1. The van der Waals surface area contributed by atoms with Gasteiger partial charge in [0.05, 0.1) is 5.54 Å². The SMILES string of the molecule is CCCCN(CC)CCCCC(C)(NC)C(N)=O. The Morgan fingerprint density at radius 3 is 2.28 bits per heavy atom. The number of carbonyl (C=O) groups excluding carboxylic acids is 1. The summed E-state index contributed by atoms with van der Waals surface area (Å²) in [4.78, 5) is 13.8. The Bertz CT molecular complexity index is 233. The van der Waals surface area contributed by atoms with Crippen molar-refractivity contribution < 1.29 is 4.79 Å². The quantitative estimate of drug-likeness (QED) is 0.554. The van der Waals surface area contributed by atoms with Gasteiger partial charge in [-0.25, -0.2) is 0 Å². The molecule has 0 spiro atoms. The van der Waals surface area contributed by atoms with E-state index in [4.69, 9.17) is 5.73 Å². The largest absolute Gasteiger partial charge is 0.368 e. The number of amides is 1. The van der Waals surface area contributed by atoms with Crippen LogP contribution in [0.1, 0.15) is 52.9 Å². The van der Waals surface area contributed by atoms with E-state index in [2.05, 4.69) is 24.1 Å². The Labute approximate surface area is 112 Å². The van der Waals surface area contributed by atoms with Crippen molar-refractivity contribution in [2.75, 3.05) is 26.7 Å². The standard InChI is InChI=1S/C14H31N3O/c1-5-7-11-17(6-2)12-9-8-10-14(3,16-4)13(15)18/h16H,5-12H2,1-4H3,(H2,15,18). The topological polar surface area (TPSA) is 58.4 Å². The van der Waals surface area contributed by atoms with E-state index in [1.54, 1.807) is 7.05 Å². The predicted octanol–water partition coefficient (Wildman–Crippen LogP) is 1.74. The van der Waals surface area contributed by atoms with Gasteiger partial charge in [0, 0.05) is 0 Å². The highest BCUT2D eigenvalue weighted by Gasteiger charge is 2.27. The molecule has 0 aliphatic carbocycles. The van der Waals surface area contributed by atoms with Gasteiger partial charge in [-0.1, -0.05) is 20.3 Å². The van der Waals surface area contributed by atoms with Gasteiger partial charge in [0.1, 0.15) is 0 Å². The molecule has 0 aromatic carbocycles. The first-order valence-electron chi connectivity index (χ1n) is 7.21. The number of rotatable bonds is 11. The van der Waals surface area contributed by atoms with Crippen LogP contribution in [-0.2, 0) is 4.79 Å². The molecule has 0 saturated carbocycles. The molecule has 0 aliphatic heterocycles. The lowest BCUT2D eigenvalue weighted by atomic mass is 9.94. The minimum absolute atomic E-state index is 0.261. The molecule has 0 rings (SSSR count). The van der Waals surface area contributed by atoms with Crippen molar-refractivity contribution in [3.8, 4) is 0 Å². The van der Waals surface area contributed by atoms with E-state index in [1.807, 2.05) is 6.92 Å². The molecule has 0 aliphatic rings. The van der Waals surface area contributed by atoms with Crippen molar-refractivity contribution in [3.63, 3.8) is 0 Å². The highest BCUT2D eigenvalue weighted by atomic mass is 16.1. The van der Waals surface area contributed by atoms with E-state index in [0.29, 0.717) is 0 Å². The smallest absolute Gasteiger partial charge is 0.237 e. The van der Waals surface area contributed by atoms with Crippen molar-refractivity contribution in [1.82, 2.24) is 10.2 Å². The molecule has 0 saturated heterocycles. The van der Waals surface area contributed by atoms with E-state index < -0.39 is 5.54 Å². The Kier molecular flexibility index (Phi) is 9.02. The maximum absolute atomic E-state index is 11.3. The van der Waals surface area contributed by atoms with Gasteiger partial charge in [0.25, 0.3) is 0 Å². The van der Waals surface area contributed by atoms with E-state index in [-0.39, 0.29) is 5.91 Å². The van der Waals surface area contributed by atoms with Gasteiger partial charge in [-0.3, -0.25) is 4.79 Å². The minimum Gasteiger partial charge on any atom is -0.368 e. The number of nitrogens with one attached hydrogen (secondary N) is 1. The molecule has 0 radical (unpaired) electrons. The molecular formula is C14H31N3O. The lowest BCUT2D eigenvalue weighted by Crippen LogP contribution is -2.51. The summed E-state index contributed by atoms with van der Waals surface area (Å²) in [7, 11) is 1.80. The zero-order valence-corrected chi connectivity index (χ0v) is 12.6. The number of unbranched alkanes of at least 4 members (excludes halogenated alkanes) is 2. The van der Waals surface area contributed by atoms with Crippen LogP contribution in [0.3, 0.4) is 0 Å². The molecule has 3 N–H and O–H groups in total. The van der Waals surface area contributed by atoms with Crippen LogP contribution in [0.15, 0.2) is 0 Å². The fourth-order valence-corrected chi connectivity index (χ4v) is 2.00. The highest BCUT2D eigenvalue weighted by Crippen LogP contribution is 2.13. The summed E-state index contributed by atoms with van der Waals surface area (Å²) in [6, 6.07) is 0. The van der Waals surface area contributed by atoms with Crippen LogP contribution >= 0.6 is 0 Å². The molecule has 108 valence electrons. The lowest BCUT2D eigenvalue weighted by Gasteiger charge is -2.26. The summed E-state index contributed by atoms with van der Waals surface area (Å²) in [6.07, 6.45) is 5.48. The van der Waals surface area contributed by atoms with Gasteiger partial charge < -0.3 is 16.0 Å². The van der Waals surface area contributed by atoms with E-state index >= 15 is 0 Å². The molecule has 4 heteroatoms. The minimum atomic E-state index is -0.555. The number of hydrogen-bond donors (Lipinski definition) is 2. The highest BCUT2D eigenvalue weighted by molar-refractivity contribution is 5.84. The summed E-state index contributed by atoms with van der Waals surface area (Å²) in [5, 5.41) is 3.03. The fraction of sp³-hybridized carbons (Fsp3) is 0.929. The number of nitrogens with zero attached hydrogens (tertiary/aromatic N) is 1. The predicted molar refractivity (Wildman–Crippen MR) is 77.5 cm³/mol. The van der Waals surface area contributed by atoms with E-state index in [9.17, 15) is 4.79 Å². The second kappa shape index (κ2) is 9.34. The van der Waals surface area contributed by atoms with Crippen molar-refractivity contribution in [1.29, 1.82) is 0 Å². The third kappa shape index (κ3) is 6.36. The summed E-state index contributed by atoms with van der Waals surface area (Å²) in [6.45, 7) is 9.72. The van der Waals surface area contributed by atoms with Crippen molar-refractivity contribution in [2.45, 2.75) is 58.4 Å². The molecule has 0 aromatic rings. The number of primary amides is 1. The van der Waals surface area contributed by atoms with Crippen LogP contribution in [0, 0.1) is 0 Å². The number of nitrogens with two attached hydrogens (primary N) is 1. The van der Waals surface area contributed by atoms with Crippen LogP contribution in [0.5, 0.6) is 0 Å². The Morgan fingerprint density at radius 1 is 1.22 bits per heavy atom. The molecular weight excluding hydrogens is 226 g/mol. The summed E-state index contributed by atoms with van der Waals surface area (Å²) >= 11 is 0. The summed E-state index contributed by atoms with van der Waals surface area (Å²) < 4.78 is 0. The van der Waals surface area contributed by atoms with Gasteiger partial charge in [-0.05, 0) is 59.3 Å². The molecule has 18 heavy (non-hydrogen) atoms. The lowest BCUT2D eigenvalue weighted by molar-refractivity contribution is -0.123. The monoisotopic (exact) mass is 257 g/mol. The second-order valence-electron chi connectivity index (χ2n) is 5.19.